The zero-order valence-corrected chi connectivity index (χ0v) is 9.90. The van der Waals surface area contributed by atoms with Crippen molar-refractivity contribution < 1.29 is 9.53 Å². The summed E-state index contributed by atoms with van der Waals surface area (Å²) in [6.45, 7) is 4.04. The number of aromatic nitrogens is 1. The van der Waals surface area contributed by atoms with Gasteiger partial charge in [-0.15, -0.1) is 0 Å². The van der Waals surface area contributed by atoms with Gasteiger partial charge in [-0.2, -0.15) is 0 Å². The molecule has 1 fully saturated rings. The maximum Gasteiger partial charge on any atom is 0.227 e. The molecule has 0 bridgehead atoms. The quantitative estimate of drug-likeness (QED) is 0.810. The molecule has 1 aromatic rings. The van der Waals surface area contributed by atoms with E-state index in [0.717, 1.165) is 18.7 Å². The molecule has 0 radical (unpaired) electrons. The van der Waals surface area contributed by atoms with Crippen LogP contribution in [0.4, 0.5) is 5.82 Å². The lowest BCUT2D eigenvalue weighted by atomic mass is 10.2. The molecule has 0 spiro atoms. The molecular weight excluding hydrogens is 218 g/mol. The van der Waals surface area contributed by atoms with Gasteiger partial charge in [-0.05, 0) is 18.6 Å². The van der Waals surface area contributed by atoms with Gasteiger partial charge in [-0.1, -0.05) is 6.07 Å². The Labute approximate surface area is 101 Å². The first-order chi connectivity index (χ1) is 8.25. The third-order valence-corrected chi connectivity index (χ3v) is 2.70. The number of nitrogens with one attached hydrogen (secondary N) is 2. The summed E-state index contributed by atoms with van der Waals surface area (Å²) in [6, 6.07) is 3.87. The molecular formula is C12H17N3O2. The topological polar surface area (TPSA) is 63.2 Å². The van der Waals surface area contributed by atoms with Crippen LogP contribution in [0.5, 0.6) is 0 Å². The summed E-state index contributed by atoms with van der Waals surface area (Å²) in [6.07, 6.45) is 2.08. The Bertz CT molecular complexity index is 389. The van der Waals surface area contributed by atoms with Gasteiger partial charge in [0, 0.05) is 25.2 Å². The first kappa shape index (κ1) is 12.0. The summed E-state index contributed by atoms with van der Waals surface area (Å²) in [5.74, 6) is 0.601. The number of aryl methyl sites for hydroxylation is 1. The van der Waals surface area contributed by atoms with Crippen LogP contribution >= 0.6 is 0 Å². The molecule has 5 nitrogen and oxygen atoms in total. The lowest BCUT2D eigenvalue weighted by Crippen LogP contribution is -2.43. The van der Waals surface area contributed by atoms with E-state index >= 15 is 0 Å². The van der Waals surface area contributed by atoms with Crippen molar-refractivity contribution in [3.05, 3.63) is 23.9 Å². The lowest BCUT2D eigenvalue weighted by Gasteiger charge is -2.23. The fourth-order valence-corrected chi connectivity index (χ4v) is 1.77. The van der Waals surface area contributed by atoms with Gasteiger partial charge in [0.2, 0.25) is 5.91 Å². The van der Waals surface area contributed by atoms with Gasteiger partial charge >= 0.3 is 0 Å². The van der Waals surface area contributed by atoms with Crippen molar-refractivity contribution in [2.24, 2.45) is 0 Å². The van der Waals surface area contributed by atoms with Gasteiger partial charge in [-0.3, -0.25) is 4.79 Å². The third kappa shape index (κ3) is 3.51. The monoisotopic (exact) mass is 235 g/mol. The van der Waals surface area contributed by atoms with E-state index < -0.39 is 0 Å². The van der Waals surface area contributed by atoms with Crippen LogP contribution in [-0.4, -0.2) is 36.7 Å². The minimum absolute atomic E-state index is 0.0326. The molecule has 17 heavy (non-hydrogen) atoms. The Kier molecular flexibility index (Phi) is 4.06. The number of anilines is 1. The van der Waals surface area contributed by atoms with Crippen LogP contribution in [0.25, 0.3) is 0 Å². The maximum absolute atomic E-state index is 11.8. The molecule has 5 heteroatoms. The average Bonchev–Trinajstić information content (AvgIpc) is 2.33. The average molecular weight is 235 g/mol. The molecule has 0 aliphatic carbocycles. The van der Waals surface area contributed by atoms with E-state index in [1.54, 1.807) is 6.20 Å². The number of hydrogen-bond acceptors (Lipinski definition) is 4. The van der Waals surface area contributed by atoms with Crippen LogP contribution in [0, 0.1) is 6.92 Å². The van der Waals surface area contributed by atoms with Crippen molar-refractivity contribution in [1.29, 1.82) is 0 Å². The highest BCUT2D eigenvalue weighted by Gasteiger charge is 2.17. The van der Waals surface area contributed by atoms with Gasteiger partial charge in [-0.25, -0.2) is 4.98 Å². The van der Waals surface area contributed by atoms with Gasteiger partial charge in [0.05, 0.1) is 13.2 Å². The van der Waals surface area contributed by atoms with Crippen molar-refractivity contribution in [2.45, 2.75) is 19.4 Å². The molecule has 2 rings (SSSR count). The molecule has 1 aliphatic rings. The van der Waals surface area contributed by atoms with Crippen LogP contribution in [0.2, 0.25) is 0 Å². The van der Waals surface area contributed by atoms with Crippen LogP contribution in [0.15, 0.2) is 18.3 Å². The first-order valence-electron chi connectivity index (χ1n) is 5.78. The van der Waals surface area contributed by atoms with Crippen molar-refractivity contribution in [3.63, 3.8) is 0 Å². The number of rotatable bonds is 3. The molecule has 1 amide bonds. The van der Waals surface area contributed by atoms with E-state index in [-0.39, 0.29) is 11.9 Å². The second-order valence-corrected chi connectivity index (χ2v) is 4.15. The number of morpholine rings is 1. The molecule has 0 aromatic carbocycles. The van der Waals surface area contributed by atoms with Crippen LogP contribution in [0.3, 0.4) is 0 Å². The summed E-state index contributed by atoms with van der Waals surface area (Å²) in [7, 11) is 0. The Morgan fingerprint density at radius 3 is 3.29 bits per heavy atom. The van der Waals surface area contributed by atoms with E-state index in [4.69, 9.17) is 4.74 Å². The maximum atomic E-state index is 11.8. The molecule has 0 saturated carbocycles. The van der Waals surface area contributed by atoms with E-state index in [0.29, 0.717) is 18.8 Å². The summed E-state index contributed by atoms with van der Waals surface area (Å²) in [5.41, 5.74) is 0.966. The Morgan fingerprint density at radius 1 is 1.71 bits per heavy atom. The van der Waals surface area contributed by atoms with Crippen molar-refractivity contribution >= 4 is 11.7 Å². The molecule has 2 N–H and O–H groups in total. The third-order valence-electron chi connectivity index (χ3n) is 2.70. The Hall–Kier alpha value is -1.46. The summed E-state index contributed by atoms with van der Waals surface area (Å²) >= 11 is 0. The van der Waals surface area contributed by atoms with E-state index in [9.17, 15) is 4.79 Å². The molecule has 1 aromatic heterocycles. The van der Waals surface area contributed by atoms with E-state index in [1.165, 1.54) is 0 Å². The Balaban J connectivity index is 1.86. The van der Waals surface area contributed by atoms with Crippen molar-refractivity contribution in [1.82, 2.24) is 10.3 Å². The van der Waals surface area contributed by atoms with Crippen molar-refractivity contribution in [2.75, 3.05) is 25.1 Å². The zero-order valence-electron chi connectivity index (χ0n) is 9.90. The standard InChI is InChI=1S/C12H17N3O2/c1-9-3-2-4-14-12(9)15-11(16)7-10-8-17-6-5-13-10/h2-4,10,13H,5-8H2,1H3,(H,14,15,16). The number of nitrogens with zero attached hydrogens (tertiary/aromatic N) is 1. The van der Waals surface area contributed by atoms with E-state index in [2.05, 4.69) is 15.6 Å². The molecule has 92 valence electrons. The fourth-order valence-electron chi connectivity index (χ4n) is 1.77. The summed E-state index contributed by atoms with van der Waals surface area (Å²) < 4.78 is 5.30. The number of carbonyl (C=O) groups is 1. The molecule has 2 heterocycles. The lowest BCUT2D eigenvalue weighted by molar-refractivity contribution is -0.117. The van der Waals surface area contributed by atoms with Gasteiger partial charge in [0.25, 0.3) is 0 Å². The normalized spacial score (nSPS) is 19.9. The SMILES string of the molecule is Cc1cccnc1NC(=O)CC1COCCN1. The first-order valence-corrected chi connectivity index (χ1v) is 5.78. The fraction of sp³-hybridized carbons (Fsp3) is 0.500. The number of ether oxygens (including phenoxy) is 1. The van der Waals surface area contributed by atoms with Gasteiger partial charge in [0.15, 0.2) is 0 Å². The predicted octanol–water partition coefficient (Wildman–Crippen LogP) is 0.707. The summed E-state index contributed by atoms with van der Waals surface area (Å²) in [4.78, 5) is 15.9. The smallest absolute Gasteiger partial charge is 0.227 e. The molecule has 1 atom stereocenters. The van der Waals surface area contributed by atoms with Crippen LogP contribution in [0.1, 0.15) is 12.0 Å². The molecule has 1 aliphatic heterocycles. The van der Waals surface area contributed by atoms with E-state index in [1.807, 2.05) is 19.1 Å². The minimum Gasteiger partial charge on any atom is -0.378 e. The largest absolute Gasteiger partial charge is 0.378 e. The number of carbonyl (C=O) groups excluding carboxylic acids is 1. The van der Waals surface area contributed by atoms with Crippen LogP contribution < -0.4 is 10.6 Å². The second-order valence-electron chi connectivity index (χ2n) is 4.15. The molecule has 1 saturated heterocycles. The Morgan fingerprint density at radius 2 is 2.59 bits per heavy atom. The zero-order chi connectivity index (χ0) is 12.1. The van der Waals surface area contributed by atoms with Gasteiger partial charge < -0.3 is 15.4 Å². The number of hydrogen-bond donors (Lipinski definition) is 2. The predicted molar refractivity (Wildman–Crippen MR) is 64.8 cm³/mol. The highest BCUT2D eigenvalue weighted by molar-refractivity contribution is 5.90. The van der Waals surface area contributed by atoms with Crippen LogP contribution in [-0.2, 0) is 9.53 Å². The number of amides is 1. The van der Waals surface area contributed by atoms with Crippen molar-refractivity contribution in [3.8, 4) is 0 Å². The summed E-state index contributed by atoms with van der Waals surface area (Å²) in [5, 5.41) is 6.06. The molecule has 1 unspecified atom stereocenters. The highest BCUT2D eigenvalue weighted by Crippen LogP contribution is 2.10. The minimum atomic E-state index is -0.0326. The van der Waals surface area contributed by atoms with Gasteiger partial charge in [0.1, 0.15) is 5.82 Å². The second kappa shape index (κ2) is 5.75. The highest BCUT2D eigenvalue weighted by atomic mass is 16.5. The number of pyridine rings is 1.